The second-order valence-corrected chi connectivity index (χ2v) is 4.81. The van der Waals surface area contributed by atoms with Gasteiger partial charge in [-0.15, -0.1) is 0 Å². The van der Waals surface area contributed by atoms with Gasteiger partial charge in [-0.1, -0.05) is 5.16 Å². The standard InChI is InChI=1S/C11H15N5O/c1-11(3-4-12-7-11)10-14-9(15-17-10)8-5-13-16(2)6-8/h5-6,12H,3-4,7H2,1-2H3. The minimum Gasteiger partial charge on any atom is -0.338 e. The zero-order valence-corrected chi connectivity index (χ0v) is 9.97. The van der Waals surface area contributed by atoms with Gasteiger partial charge in [0.2, 0.25) is 11.7 Å². The SMILES string of the molecule is Cn1cc(-c2noc(C3(C)CCNC3)n2)cn1. The summed E-state index contributed by atoms with van der Waals surface area (Å²) in [5, 5.41) is 11.4. The number of rotatable bonds is 2. The summed E-state index contributed by atoms with van der Waals surface area (Å²) in [4.78, 5) is 4.48. The third kappa shape index (κ3) is 1.74. The minimum absolute atomic E-state index is 0.0343. The summed E-state index contributed by atoms with van der Waals surface area (Å²) in [5.74, 6) is 1.32. The van der Waals surface area contributed by atoms with E-state index >= 15 is 0 Å². The van der Waals surface area contributed by atoms with Gasteiger partial charge in [0.1, 0.15) is 0 Å². The van der Waals surface area contributed by atoms with E-state index in [1.807, 2.05) is 13.2 Å². The van der Waals surface area contributed by atoms with Gasteiger partial charge in [-0.05, 0) is 19.9 Å². The molecule has 1 N–H and O–H groups in total. The van der Waals surface area contributed by atoms with Gasteiger partial charge in [0.15, 0.2) is 0 Å². The minimum atomic E-state index is -0.0343. The Labute approximate surface area is 99.0 Å². The van der Waals surface area contributed by atoms with Gasteiger partial charge in [0, 0.05) is 19.8 Å². The van der Waals surface area contributed by atoms with Crippen molar-refractivity contribution < 1.29 is 4.52 Å². The molecule has 6 heteroatoms. The molecule has 0 bridgehead atoms. The van der Waals surface area contributed by atoms with Gasteiger partial charge < -0.3 is 9.84 Å². The summed E-state index contributed by atoms with van der Waals surface area (Å²) in [6, 6.07) is 0. The lowest BCUT2D eigenvalue weighted by atomic mass is 9.90. The van der Waals surface area contributed by atoms with Crippen LogP contribution in [0.3, 0.4) is 0 Å². The normalized spacial score (nSPS) is 24.4. The third-order valence-electron chi connectivity index (χ3n) is 3.27. The van der Waals surface area contributed by atoms with Gasteiger partial charge in [-0.25, -0.2) is 0 Å². The molecule has 1 atom stereocenters. The predicted molar refractivity (Wildman–Crippen MR) is 61.3 cm³/mol. The molecular formula is C11H15N5O. The van der Waals surface area contributed by atoms with E-state index in [0.717, 1.165) is 25.1 Å². The van der Waals surface area contributed by atoms with Crippen molar-refractivity contribution in [1.29, 1.82) is 0 Å². The molecule has 0 spiro atoms. The molecule has 0 aromatic carbocycles. The fourth-order valence-electron chi connectivity index (χ4n) is 2.12. The Morgan fingerprint density at radius 3 is 3.06 bits per heavy atom. The number of nitrogens with one attached hydrogen (secondary N) is 1. The van der Waals surface area contributed by atoms with Crippen molar-refractivity contribution in [3.05, 3.63) is 18.3 Å². The van der Waals surface area contributed by atoms with Crippen LogP contribution in [0.25, 0.3) is 11.4 Å². The first kappa shape index (κ1) is 10.5. The van der Waals surface area contributed by atoms with E-state index in [9.17, 15) is 0 Å². The Balaban J connectivity index is 1.92. The van der Waals surface area contributed by atoms with E-state index in [1.54, 1.807) is 10.9 Å². The predicted octanol–water partition coefficient (Wildman–Crippen LogP) is 0.721. The van der Waals surface area contributed by atoms with Crippen molar-refractivity contribution in [1.82, 2.24) is 25.2 Å². The van der Waals surface area contributed by atoms with Crippen molar-refractivity contribution in [3.63, 3.8) is 0 Å². The van der Waals surface area contributed by atoms with E-state index < -0.39 is 0 Å². The topological polar surface area (TPSA) is 68.8 Å². The van der Waals surface area contributed by atoms with Gasteiger partial charge in [0.05, 0.1) is 17.2 Å². The highest BCUT2D eigenvalue weighted by Gasteiger charge is 2.36. The Morgan fingerprint density at radius 2 is 2.41 bits per heavy atom. The number of aryl methyl sites for hydroxylation is 1. The van der Waals surface area contributed by atoms with Crippen molar-refractivity contribution in [2.75, 3.05) is 13.1 Å². The van der Waals surface area contributed by atoms with Crippen molar-refractivity contribution in [3.8, 4) is 11.4 Å². The molecule has 2 aromatic heterocycles. The highest BCUT2D eigenvalue weighted by molar-refractivity contribution is 5.51. The maximum Gasteiger partial charge on any atom is 0.234 e. The summed E-state index contributed by atoms with van der Waals surface area (Å²) in [7, 11) is 1.87. The molecule has 1 saturated heterocycles. The molecule has 0 aliphatic carbocycles. The third-order valence-corrected chi connectivity index (χ3v) is 3.27. The largest absolute Gasteiger partial charge is 0.338 e. The monoisotopic (exact) mass is 233 g/mol. The molecule has 0 amide bonds. The fraction of sp³-hybridized carbons (Fsp3) is 0.545. The Morgan fingerprint density at radius 1 is 1.53 bits per heavy atom. The molecule has 1 aliphatic rings. The second kappa shape index (κ2) is 3.66. The van der Waals surface area contributed by atoms with Gasteiger partial charge in [-0.2, -0.15) is 10.1 Å². The van der Waals surface area contributed by atoms with Crippen LogP contribution in [-0.4, -0.2) is 33.0 Å². The number of nitrogens with zero attached hydrogens (tertiary/aromatic N) is 4. The molecule has 1 aliphatic heterocycles. The maximum absolute atomic E-state index is 5.38. The summed E-state index contributed by atoms with van der Waals surface area (Å²) in [5.41, 5.74) is 0.852. The highest BCUT2D eigenvalue weighted by atomic mass is 16.5. The molecule has 1 unspecified atom stereocenters. The molecule has 0 radical (unpaired) electrons. The lowest BCUT2D eigenvalue weighted by Gasteiger charge is -2.15. The summed E-state index contributed by atoms with van der Waals surface area (Å²) in [6.07, 6.45) is 4.65. The van der Waals surface area contributed by atoms with Gasteiger partial charge in [0.25, 0.3) is 0 Å². The van der Waals surface area contributed by atoms with Crippen molar-refractivity contribution in [2.24, 2.45) is 7.05 Å². The van der Waals surface area contributed by atoms with Gasteiger partial charge >= 0.3 is 0 Å². The van der Waals surface area contributed by atoms with Crippen LogP contribution in [0.1, 0.15) is 19.2 Å². The number of hydrogen-bond acceptors (Lipinski definition) is 5. The van der Waals surface area contributed by atoms with E-state index in [4.69, 9.17) is 4.52 Å². The molecule has 2 aromatic rings. The molecule has 0 saturated carbocycles. The number of aromatic nitrogens is 4. The van der Waals surface area contributed by atoms with E-state index in [0.29, 0.717) is 11.7 Å². The molecule has 6 nitrogen and oxygen atoms in total. The van der Waals surface area contributed by atoms with E-state index in [1.165, 1.54) is 0 Å². The summed E-state index contributed by atoms with van der Waals surface area (Å²) < 4.78 is 7.10. The molecule has 17 heavy (non-hydrogen) atoms. The summed E-state index contributed by atoms with van der Waals surface area (Å²) >= 11 is 0. The Hall–Kier alpha value is -1.69. The first-order chi connectivity index (χ1) is 8.17. The molecule has 3 rings (SSSR count). The van der Waals surface area contributed by atoms with Crippen molar-refractivity contribution in [2.45, 2.75) is 18.8 Å². The first-order valence-electron chi connectivity index (χ1n) is 5.71. The Kier molecular flexibility index (Phi) is 2.25. The lowest BCUT2D eigenvalue weighted by molar-refractivity contribution is 0.306. The quantitative estimate of drug-likeness (QED) is 0.827. The maximum atomic E-state index is 5.38. The molecule has 90 valence electrons. The van der Waals surface area contributed by atoms with Crippen LogP contribution in [0.4, 0.5) is 0 Å². The van der Waals surface area contributed by atoms with Crippen LogP contribution in [0.2, 0.25) is 0 Å². The zero-order chi connectivity index (χ0) is 11.9. The van der Waals surface area contributed by atoms with Gasteiger partial charge in [-0.3, -0.25) is 4.68 Å². The van der Waals surface area contributed by atoms with Crippen LogP contribution in [-0.2, 0) is 12.5 Å². The highest BCUT2D eigenvalue weighted by Crippen LogP contribution is 2.29. The first-order valence-corrected chi connectivity index (χ1v) is 5.71. The fourth-order valence-corrected chi connectivity index (χ4v) is 2.12. The van der Waals surface area contributed by atoms with Crippen LogP contribution in [0.5, 0.6) is 0 Å². The molecular weight excluding hydrogens is 218 g/mol. The zero-order valence-electron chi connectivity index (χ0n) is 9.97. The average Bonchev–Trinajstić information content (AvgIpc) is 2.96. The average molecular weight is 233 g/mol. The molecule has 3 heterocycles. The van der Waals surface area contributed by atoms with Crippen LogP contribution >= 0.6 is 0 Å². The molecule has 1 fully saturated rings. The smallest absolute Gasteiger partial charge is 0.234 e. The van der Waals surface area contributed by atoms with E-state index in [2.05, 4.69) is 27.5 Å². The Bertz CT molecular complexity index is 523. The van der Waals surface area contributed by atoms with Crippen LogP contribution in [0.15, 0.2) is 16.9 Å². The van der Waals surface area contributed by atoms with E-state index in [-0.39, 0.29) is 5.41 Å². The van der Waals surface area contributed by atoms with Crippen LogP contribution in [0, 0.1) is 0 Å². The second-order valence-electron chi connectivity index (χ2n) is 4.81. The lowest BCUT2D eigenvalue weighted by Crippen LogP contribution is -2.25. The summed E-state index contributed by atoms with van der Waals surface area (Å²) in [6.45, 7) is 4.04. The number of hydrogen-bond donors (Lipinski definition) is 1. The van der Waals surface area contributed by atoms with Crippen molar-refractivity contribution >= 4 is 0 Å². The van der Waals surface area contributed by atoms with Crippen LogP contribution < -0.4 is 5.32 Å².